The van der Waals surface area contributed by atoms with Gasteiger partial charge in [-0.25, -0.2) is 0 Å². The molecule has 1 fully saturated rings. The standard InChI is InChI=1S/C16H22ClNO2/c1-2-15-11(5-6-19-15)9-18-10-14-8-12-7-13(17)3-4-16(12)20-14/h3-4,7,11,14-15,18H,2,5-6,8-10H2,1H3. The summed E-state index contributed by atoms with van der Waals surface area (Å²) in [7, 11) is 0. The predicted octanol–water partition coefficient (Wildman–Crippen LogP) is 3.05. The molecule has 110 valence electrons. The summed E-state index contributed by atoms with van der Waals surface area (Å²) >= 11 is 6.01. The van der Waals surface area contributed by atoms with Crippen LogP contribution < -0.4 is 10.1 Å². The first kappa shape index (κ1) is 14.2. The molecule has 0 aliphatic carbocycles. The van der Waals surface area contributed by atoms with Crippen molar-refractivity contribution in [2.24, 2.45) is 5.92 Å². The first-order valence-electron chi connectivity index (χ1n) is 7.53. The van der Waals surface area contributed by atoms with Crippen LogP contribution in [0.2, 0.25) is 5.02 Å². The van der Waals surface area contributed by atoms with Crippen LogP contribution in [0.25, 0.3) is 0 Å². The van der Waals surface area contributed by atoms with Crippen molar-refractivity contribution in [3.8, 4) is 5.75 Å². The molecular formula is C16H22ClNO2. The van der Waals surface area contributed by atoms with Gasteiger partial charge in [0.25, 0.3) is 0 Å². The quantitative estimate of drug-likeness (QED) is 0.906. The third-order valence-corrected chi connectivity index (χ3v) is 4.53. The van der Waals surface area contributed by atoms with Crippen molar-refractivity contribution in [1.82, 2.24) is 5.32 Å². The summed E-state index contributed by atoms with van der Waals surface area (Å²) in [4.78, 5) is 0. The maximum Gasteiger partial charge on any atom is 0.123 e. The maximum atomic E-state index is 6.01. The summed E-state index contributed by atoms with van der Waals surface area (Å²) in [6.07, 6.45) is 3.89. The Hall–Kier alpha value is -0.770. The van der Waals surface area contributed by atoms with Gasteiger partial charge in [-0.1, -0.05) is 18.5 Å². The van der Waals surface area contributed by atoms with E-state index in [-0.39, 0.29) is 6.10 Å². The van der Waals surface area contributed by atoms with Gasteiger partial charge in [-0.05, 0) is 42.5 Å². The van der Waals surface area contributed by atoms with Crippen LogP contribution in [0, 0.1) is 5.92 Å². The Bertz CT molecular complexity index is 466. The van der Waals surface area contributed by atoms with Crippen molar-refractivity contribution in [1.29, 1.82) is 0 Å². The molecule has 0 spiro atoms. The third kappa shape index (κ3) is 3.11. The number of hydrogen-bond acceptors (Lipinski definition) is 3. The zero-order valence-electron chi connectivity index (χ0n) is 11.9. The molecule has 0 bridgehead atoms. The Kier molecular flexibility index (Phi) is 4.49. The molecule has 4 heteroatoms. The average molecular weight is 296 g/mol. The molecule has 1 N–H and O–H groups in total. The molecular weight excluding hydrogens is 274 g/mol. The number of hydrogen-bond donors (Lipinski definition) is 1. The summed E-state index contributed by atoms with van der Waals surface area (Å²) in [6, 6.07) is 5.86. The van der Waals surface area contributed by atoms with E-state index in [9.17, 15) is 0 Å². The maximum absolute atomic E-state index is 6.01. The number of halogens is 1. The van der Waals surface area contributed by atoms with Gasteiger partial charge in [0, 0.05) is 31.1 Å². The zero-order chi connectivity index (χ0) is 13.9. The minimum absolute atomic E-state index is 0.228. The number of nitrogens with one attached hydrogen (secondary N) is 1. The normalized spacial score (nSPS) is 28.4. The van der Waals surface area contributed by atoms with E-state index in [1.54, 1.807) is 0 Å². The average Bonchev–Trinajstić information content (AvgIpc) is 3.04. The lowest BCUT2D eigenvalue weighted by atomic mass is 9.99. The van der Waals surface area contributed by atoms with Gasteiger partial charge in [-0.2, -0.15) is 0 Å². The SMILES string of the molecule is CCC1OCCC1CNCC1Cc2cc(Cl)ccc2O1. The molecule has 2 heterocycles. The van der Waals surface area contributed by atoms with Crippen molar-refractivity contribution >= 4 is 11.6 Å². The van der Waals surface area contributed by atoms with E-state index in [1.165, 1.54) is 12.0 Å². The lowest BCUT2D eigenvalue weighted by molar-refractivity contribution is 0.0865. The minimum Gasteiger partial charge on any atom is -0.488 e. The van der Waals surface area contributed by atoms with Crippen LogP contribution in [0.4, 0.5) is 0 Å². The first-order chi connectivity index (χ1) is 9.76. The fourth-order valence-corrected chi connectivity index (χ4v) is 3.40. The Labute approximate surface area is 125 Å². The van der Waals surface area contributed by atoms with Crippen molar-refractivity contribution in [3.05, 3.63) is 28.8 Å². The molecule has 3 rings (SSSR count). The lowest BCUT2D eigenvalue weighted by Crippen LogP contribution is -2.35. The van der Waals surface area contributed by atoms with Crippen LogP contribution in [0.5, 0.6) is 5.75 Å². The van der Waals surface area contributed by atoms with Crippen LogP contribution in [-0.4, -0.2) is 31.9 Å². The number of benzene rings is 1. The third-order valence-electron chi connectivity index (χ3n) is 4.29. The molecule has 1 aromatic carbocycles. The molecule has 1 saturated heterocycles. The first-order valence-corrected chi connectivity index (χ1v) is 7.91. The molecule has 0 aromatic heterocycles. The Morgan fingerprint density at radius 3 is 3.10 bits per heavy atom. The van der Waals surface area contributed by atoms with Crippen LogP contribution in [-0.2, 0) is 11.2 Å². The smallest absolute Gasteiger partial charge is 0.123 e. The van der Waals surface area contributed by atoms with Gasteiger partial charge in [0.15, 0.2) is 0 Å². The Balaban J connectivity index is 1.45. The van der Waals surface area contributed by atoms with Crippen molar-refractivity contribution < 1.29 is 9.47 Å². The highest BCUT2D eigenvalue weighted by Crippen LogP contribution is 2.31. The highest BCUT2D eigenvalue weighted by Gasteiger charge is 2.27. The monoisotopic (exact) mass is 295 g/mol. The number of ether oxygens (including phenoxy) is 2. The highest BCUT2D eigenvalue weighted by molar-refractivity contribution is 6.30. The van der Waals surface area contributed by atoms with Crippen molar-refractivity contribution in [3.63, 3.8) is 0 Å². The summed E-state index contributed by atoms with van der Waals surface area (Å²) in [5.74, 6) is 1.63. The van der Waals surface area contributed by atoms with Crippen molar-refractivity contribution in [2.45, 2.75) is 38.4 Å². The zero-order valence-corrected chi connectivity index (χ0v) is 12.7. The van der Waals surface area contributed by atoms with E-state index in [0.29, 0.717) is 12.0 Å². The van der Waals surface area contributed by atoms with Gasteiger partial charge >= 0.3 is 0 Å². The highest BCUT2D eigenvalue weighted by atomic mass is 35.5. The summed E-state index contributed by atoms with van der Waals surface area (Å²) in [6.45, 7) is 5.02. The molecule has 0 saturated carbocycles. The molecule has 3 nitrogen and oxygen atoms in total. The molecule has 3 unspecified atom stereocenters. The predicted molar refractivity (Wildman–Crippen MR) is 80.6 cm³/mol. The van der Waals surface area contributed by atoms with E-state index < -0.39 is 0 Å². The van der Waals surface area contributed by atoms with Gasteiger partial charge in [0.05, 0.1) is 6.10 Å². The molecule has 1 aromatic rings. The Morgan fingerprint density at radius 2 is 2.25 bits per heavy atom. The fraction of sp³-hybridized carbons (Fsp3) is 0.625. The van der Waals surface area contributed by atoms with E-state index >= 15 is 0 Å². The van der Waals surface area contributed by atoms with E-state index in [2.05, 4.69) is 12.2 Å². The van der Waals surface area contributed by atoms with E-state index in [4.69, 9.17) is 21.1 Å². The molecule has 0 amide bonds. The van der Waals surface area contributed by atoms with Crippen LogP contribution in [0.1, 0.15) is 25.3 Å². The van der Waals surface area contributed by atoms with Crippen LogP contribution in [0.15, 0.2) is 18.2 Å². The van der Waals surface area contributed by atoms with Gasteiger partial charge in [-0.3, -0.25) is 0 Å². The Morgan fingerprint density at radius 1 is 1.35 bits per heavy atom. The van der Waals surface area contributed by atoms with Crippen LogP contribution >= 0.6 is 11.6 Å². The van der Waals surface area contributed by atoms with Gasteiger partial charge in [-0.15, -0.1) is 0 Å². The second kappa shape index (κ2) is 6.33. The largest absolute Gasteiger partial charge is 0.488 e. The van der Waals surface area contributed by atoms with E-state index in [0.717, 1.165) is 43.3 Å². The lowest BCUT2D eigenvalue weighted by Gasteiger charge is -2.18. The molecule has 2 aliphatic rings. The van der Waals surface area contributed by atoms with Crippen LogP contribution in [0.3, 0.4) is 0 Å². The summed E-state index contributed by atoms with van der Waals surface area (Å²) in [5, 5.41) is 4.33. The second-order valence-electron chi connectivity index (χ2n) is 5.72. The summed E-state index contributed by atoms with van der Waals surface area (Å²) in [5.41, 5.74) is 1.22. The molecule has 0 radical (unpaired) electrons. The minimum atomic E-state index is 0.228. The van der Waals surface area contributed by atoms with E-state index in [1.807, 2.05) is 18.2 Å². The van der Waals surface area contributed by atoms with Crippen molar-refractivity contribution in [2.75, 3.05) is 19.7 Å². The van der Waals surface area contributed by atoms with Gasteiger partial charge in [0.1, 0.15) is 11.9 Å². The molecule has 2 aliphatic heterocycles. The summed E-state index contributed by atoms with van der Waals surface area (Å²) < 4.78 is 11.6. The topological polar surface area (TPSA) is 30.5 Å². The molecule has 3 atom stereocenters. The molecule has 20 heavy (non-hydrogen) atoms. The second-order valence-corrected chi connectivity index (χ2v) is 6.16. The fourth-order valence-electron chi connectivity index (χ4n) is 3.21. The van der Waals surface area contributed by atoms with Gasteiger partial charge in [0.2, 0.25) is 0 Å². The number of rotatable bonds is 5. The number of fused-ring (bicyclic) bond motifs is 1. The van der Waals surface area contributed by atoms with Gasteiger partial charge < -0.3 is 14.8 Å².